The number of hydrogen-bond acceptors (Lipinski definition) is 4. The summed E-state index contributed by atoms with van der Waals surface area (Å²) in [6.45, 7) is 2.45. The van der Waals surface area contributed by atoms with E-state index < -0.39 is 0 Å². The van der Waals surface area contributed by atoms with E-state index >= 15 is 0 Å². The van der Waals surface area contributed by atoms with E-state index in [1.54, 1.807) is 18.2 Å². The molecule has 0 spiro atoms. The van der Waals surface area contributed by atoms with Crippen molar-refractivity contribution in [3.63, 3.8) is 0 Å². The molecule has 124 valence electrons. The van der Waals surface area contributed by atoms with Gasteiger partial charge in [0.1, 0.15) is 24.2 Å². The summed E-state index contributed by atoms with van der Waals surface area (Å²) in [7, 11) is 0. The second-order valence-corrected chi connectivity index (χ2v) is 5.61. The summed E-state index contributed by atoms with van der Waals surface area (Å²) in [5, 5.41) is 3.23. The van der Waals surface area contributed by atoms with Gasteiger partial charge in [0.05, 0.1) is 6.54 Å². The van der Waals surface area contributed by atoms with Crippen molar-refractivity contribution >= 4 is 0 Å². The number of ether oxygens (including phenoxy) is 2. The third-order valence-corrected chi connectivity index (χ3v) is 3.85. The fraction of sp³-hybridized carbons (Fsp3) is 0.444. The van der Waals surface area contributed by atoms with E-state index in [2.05, 4.69) is 5.32 Å². The molecule has 0 amide bonds. The average Bonchev–Trinajstić information content (AvgIpc) is 3.06. The smallest absolute Gasteiger partial charge is 0.165 e. The summed E-state index contributed by atoms with van der Waals surface area (Å²) in [6.07, 6.45) is 3.44. The Morgan fingerprint density at radius 1 is 1.17 bits per heavy atom. The molecule has 3 rings (SSSR count). The van der Waals surface area contributed by atoms with Gasteiger partial charge >= 0.3 is 0 Å². The maximum Gasteiger partial charge on any atom is 0.165 e. The Morgan fingerprint density at radius 3 is 2.91 bits per heavy atom. The minimum absolute atomic E-state index is 0.0990. The van der Waals surface area contributed by atoms with Gasteiger partial charge in [-0.1, -0.05) is 12.1 Å². The van der Waals surface area contributed by atoms with Crippen LogP contribution in [-0.4, -0.2) is 19.8 Å². The van der Waals surface area contributed by atoms with E-state index in [0.29, 0.717) is 19.7 Å². The van der Waals surface area contributed by atoms with Crippen molar-refractivity contribution in [3.8, 4) is 5.75 Å². The third kappa shape index (κ3) is 4.56. The van der Waals surface area contributed by atoms with Crippen molar-refractivity contribution in [3.05, 3.63) is 53.7 Å². The van der Waals surface area contributed by atoms with Crippen molar-refractivity contribution in [1.82, 2.24) is 5.32 Å². The van der Waals surface area contributed by atoms with Crippen molar-refractivity contribution in [2.24, 2.45) is 0 Å². The van der Waals surface area contributed by atoms with Gasteiger partial charge < -0.3 is 19.2 Å². The van der Waals surface area contributed by atoms with Gasteiger partial charge in [-0.25, -0.2) is 4.39 Å². The maximum atomic E-state index is 13.4. The number of nitrogens with one attached hydrogen (secondary N) is 1. The zero-order valence-electron chi connectivity index (χ0n) is 13.1. The van der Waals surface area contributed by atoms with Gasteiger partial charge in [0.15, 0.2) is 11.6 Å². The predicted molar refractivity (Wildman–Crippen MR) is 84.9 cm³/mol. The van der Waals surface area contributed by atoms with Crippen LogP contribution < -0.4 is 10.1 Å². The van der Waals surface area contributed by atoms with Crippen LogP contribution in [0.15, 0.2) is 40.8 Å². The van der Waals surface area contributed by atoms with Crippen LogP contribution in [-0.2, 0) is 11.3 Å². The molecule has 1 unspecified atom stereocenters. The highest BCUT2D eigenvalue weighted by Gasteiger charge is 2.19. The number of hydrogen-bond donors (Lipinski definition) is 1. The molecule has 0 saturated carbocycles. The molecule has 5 heteroatoms. The lowest BCUT2D eigenvalue weighted by Gasteiger charge is -2.20. The SMILES string of the molecule is Fc1ccccc1OCCNCc1ccc(C2CCCCO2)o1. The summed E-state index contributed by atoms with van der Waals surface area (Å²) in [4.78, 5) is 0. The topological polar surface area (TPSA) is 43.6 Å². The van der Waals surface area contributed by atoms with Gasteiger partial charge in [-0.15, -0.1) is 0 Å². The maximum absolute atomic E-state index is 13.4. The first kappa shape index (κ1) is 16.0. The zero-order chi connectivity index (χ0) is 15.9. The quantitative estimate of drug-likeness (QED) is 0.788. The van der Waals surface area contributed by atoms with Crippen LogP contribution in [0.4, 0.5) is 4.39 Å². The van der Waals surface area contributed by atoms with Gasteiger partial charge in [-0.2, -0.15) is 0 Å². The van der Waals surface area contributed by atoms with E-state index in [4.69, 9.17) is 13.9 Å². The van der Waals surface area contributed by atoms with Gasteiger partial charge in [-0.05, 0) is 43.5 Å². The molecule has 0 radical (unpaired) electrons. The number of benzene rings is 1. The molecule has 0 aliphatic carbocycles. The number of para-hydroxylation sites is 1. The van der Waals surface area contributed by atoms with E-state index in [9.17, 15) is 4.39 Å². The number of rotatable bonds is 7. The molecule has 23 heavy (non-hydrogen) atoms. The second-order valence-electron chi connectivity index (χ2n) is 5.61. The van der Waals surface area contributed by atoms with Gasteiger partial charge in [-0.3, -0.25) is 0 Å². The van der Waals surface area contributed by atoms with Gasteiger partial charge in [0.2, 0.25) is 0 Å². The van der Waals surface area contributed by atoms with Gasteiger partial charge in [0.25, 0.3) is 0 Å². The molecule has 1 aliphatic rings. The Balaban J connectivity index is 1.37. The monoisotopic (exact) mass is 319 g/mol. The molecule has 1 aromatic carbocycles. The standard InChI is InChI=1S/C18H22FNO3/c19-15-5-1-2-6-16(15)22-12-10-20-13-14-8-9-18(23-14)17-7-3-4-11-21-17/h1-2,5-6,8-9,17,20H,3-4,7,10-13H2. The normalized spacial score (nSPS) is 18.0. The van der Waals surface area contributed by atoms with Crippen LogP contribution >= 0.6 is 0 Å². The summed E-state index contributed by atoms with van der Waals surface area (Å²) < 4.78 is 30.3. The van der Waals surface area contributed by atoms with E-state index in [0.717, 1.165) is 31.0 Å². The van der Waals surface area contributed by atoms with Gasteiger partial charge in [0, 0.05) is 13.2 Å². The lowest BCUT2D eigenvalue weighted by Crippen LogP contribution is -2.20. The van der Waals surface area contributed by atoms with E-state index in [-0.39, 0.29) is 17.7 Å². The Kier molecular flexibility index (Phi) is 5.66. The lowest BCUT2D eigenvalue weighted by molar-refractivity contribution is 0.00122. The zero-order valence-corrected chi connectivity index (χ0v) is 13.1. The Morgan fingerprint density at radius 2 is 2.09 bits per heavy atom. The van der Waals surface area contributed by atoms with Crippen LogP contribution in [0, 0.1) is 5.82 Å². The molecular formula is C18H22FNO3. The molecule has 4 nitrogen and oxygen atoms in total. The minimum Gasteiger partial charge on any atom is -0.489 e. The molecule has 1 aromatic heterocycles. The lowest BCUT2D eigenvalue weighted by atomic mass is 10.1. The largest absolute Gasteiger partial charge is 0.489 e. The molecule has 1 saturated heterocycles. The molecule has 2 aromatic rings. The Labute approximate surface area is 135 Å². The summed E-state index contributed by atoms with van der Waals surface area (Å²) >= 11 is 0. The van der Waals surface area contributed by atoms with Crippen LogP contribution in [0.1, 0.15) is 36.9 Å². The minimum atomic E-state index is -0.337. The van der Waals surface area contributed by atoms with Crippen molar-refractivity contribution in [2.45, 2.75) is 31.9 Å². The highest BCUT2D eigenvalue weighted by Crippen LogP contribution is 2.28. The fourth-order valence-corrected chi connectivity index (χ4v) is 2.63. The molecule has 1 atom stereocenters. The van der Waals surface area contributed by atoms with E-state index in [1.807, 2.05) is 12.1 Å². The van der Waals surface area contributed by atoms with Crippen molar-refractivity contribution < 1.29 is 18.3 Å². The Hall–Kier alpha value is -1.85. The van der Waals surface area contributed by atoms with Crippen molar-refractivity contribution in [2.75, 3.05) is 19.8 Å². The third-order valence-electron chi connectivity index (χ3n) is 3.85. The fourth-order valence-electron chi connectivity index (χ4n) is 2.63. The van der Waals surface area contributed by atoms with Crippen LogP contribution in [0.2, 0.25) is 0 Å². The highest BCUT2D eigenvalue weighted by molar-refractivity contribution is 5.23. The summed E-state index contributed by atoms with van der Waals surface area (Å²) in [5.74, 6) is 1.73. The summed E-state index contributed by atoms with van der Waals surface area (Å²) in [6, 6.07) is 10.4. The second kappa shape index (κ2) is 8.13. The Bertz CT molecular complexity index is 608. The molecule has 2 heterocycles. The number of halogens is 1. The van der Waals surface area contributed by atoms with Crippen LogP contribution in [0.3, 0.4) is 0 Å². The first-order chi connectivity index (χ1) is 11.3. The van der Waals surface area contributed by atoms with E-state index in [1.165, 1.54) is 12.5 Å². The molecule has 1 N–H and O–H groups in total. The van der Waals surface area contributed by atoms with Crippen molar-refractivity contribution in [1.29, 1.82) is 0 Å². The molecule has 1 fully saturated rings. The first-order valence-corrected chi connectivity index (χ1v) is 8.11. The molecular weight excluding hydrogens is 297 g/mol. The number of furan rings is 1. The molecule has 0 bridgehead atoms. The predicted octanol–water partition coefficient (Wildman–Crippen LogP) is 3.83. The van der Waals surface area contributed by atoms with Crippen LogP contribution in [0.5, 0.6) is 5.75 Å². The molecule has 1 aliphatic heterocycles. The summed E-state index contributed by atoms with van der Waals surface area (Å²) in [5.41, 5.74) is 0. The highest BCUT2D eigenvalue weighted by atomic mass is 19.1. The van der Waals surface area contributed by atoms with Crippen LogP contribution in [0.25, 0.3) is 0 Å². The first-order valence-electron chi connectivity index (χ1n) is 8.11. The average molecular weight is 319 g/mol.